The van der Waals surface area contributed by atoms with Crippen molar-refractivity contribution >= 4 is 11.8 Å². The second kappa shape index (κ2) is 13.1. The average molecular weight is 415 g/mol. The number of ketones is 1. The molecule has 0 aliphatic heterocycles. The molecule has 1 saturated carbocycles. The van der Waals surface area contributed by atoms with Gasteiger partial charge in [-0.05, 0) is 49.7 Å². The molecule has 0 saturated heterocycles. The lowest BCUT2D eigenvalue weighted by Crippen LogP contribution is -2.14. The van der Waals surface area contributed by atoms with Gasteiger partial charge in [0.15, 0.2) is 0 Å². The first-order chi connectivity index (χ1) is 14.5. The summed E-state index contributed by atoms with van der Waals surface area (Å²) in [7, 11) is 0. The van der Waals surface area contributed by atoms with E-state index in [4.69, 9.17) is 9.84 Å². The summed E-state index contributed by atoms with van der Waals surface area (Å²) in [6, 6.07) is 8.06. The number of benzene rings is 1. The number of aliphatic hydroxyl groups is 1. The van der Waals surface area contributed by atoms with Crippen molar-refractivity contribution in [3.8, 4) is 0 Å². The van der Waals surface area contributed by atoms with Crippen molar-refractivity contribution in [2.45, 2.75) is 64.6 Å². The smallest absolute Gasteiger partial charge is 0.303 e. The van der Waals surface area contributed by atoms with Crippen molar-refractivity contribution in [3.05, 3.63) is 59.7 Å². The summed E-state index contributed by atoms with van der Waals surface area (Å²) in [6.07, 6.45) is 11.3. The van der Waals surface area contributed by atoms with E-state index in [0.717, 1.165) is 24.0 Å². The minimum absolute atomic E-state index is 0.0429. The van der Waals surface area contributed by atoms with Gasteiger partial charge in [-0.15, -0.1) is 0 Å². The van der Waals surface area contributed by atoms with Gasteiger partial charge in [-0.2, -0.15) is 0 Å². The minimum Gasteiger partial charge on any atom is -0.481 e. The van der Waals surface area contributed by atoms with Crippen LogP contribution in [0.3, 0.4) is 0 Å². The summed E-state index contributed by atoms with van der Waals surface area (Å²) in [4.78, 5) is 22.8. The van der Waals surface area contributed by atoms with Gasteiger partial charge in [0.1, 0.15) is 5.78 Å². The molecule has 1 aromatic rings. The number of rotatable bonds is 13. The van der Waals surface area contributed by atoms with Crippen LogP contribution in [0.2, 0.25) is 0 Å². The number of carbonyl (C=O) groups excluding carboxylic acids is 1. The van der Waals surface area contributed by atoms with E-state index < -0.39 is 12.1 Å². The number of carbonyl (C=O) groups is 2. The first-order valence-corrected chi connectivity index (χ1v) is 10.9. The van der Waals surface area contributed by atoms with Crippen LogP contribution in [0.25, 0.3) is 0 Å². The molecule has 1 aromatic carbocycles. The van der Waals surface area contributed by atoms with E-state index in [2.05, 4.69) is 6.07 Å². The van der Waals surface area contributed by atoms with Crippen LogP contribution in [0.15, 0.2) is 48.6 Å². The molecule has 0 aromatic heterocycles. The highest BCUT2D eigenvalue weighted by Gasteiger charge is 2.31. The van der Waals surface area contributed by atoms with E-state index >= 15 is 0 Å². The molecule has 0 heterocycles. The summed E-state index contributed by atoms with van der Waals surface area (Å²) in [5.41, 5.74) is 2.16. The summed E-state index contributed by atoms with van der Waals surface area (Å²) < 4.78 is 5.44. The quantitative estimate of drug-likeness (QED) is 0.367. The molecule has 3 atom stereocenters. The van der Waals surface area contributed by atoms with Crippen LogP contribution in [0.5, 0.6) is 0 Å². The molecule has 0 bridgehead atoms. The van der Waals surface area contributed by atoms with Crippen molar-refractivity contribution in [3.63, 3.8) is 0 Å². The van der Waals surface area contributed by atoms with Gasteiger partial charge < -0.3 is 14.9 Å². The van der Waals surface area contributed by atoms with Gasteiger partial charge >= 0.3 is 5.97 Å². The SMILES string of the molecule is CCOCc1cccc(C[C@H](O)/C=C/[C@H]2CCC(=O)[C@@H]2C/C=C\CCCC(=O)O)c1. The predicted molar refractivity (Wildman–Crippen MR) is 117 cm³/mol. The predicted octanol–water partition coefficient (Wildman–Crippen LogP) is 4.48. The first-order valence-electron chi connectivity index (χ1n) is 10.9. The molecule has 1 aliphatic carbocycles. The van der Waals surface area contributed by atoms with Gasteiger partial charge in [-0.25, -0.2) is 0 Å². The Balaban J connectivity index is 1.83. The largest absolute Gasteiger partial charge is 0.481 e. The molecule has 0 unspecified atom stereocenters. The van der Waals surface area contributed by atoms with Crippen molar-refractivity contribution in [1.29, 1.82) is 0 Å². The van der Waals surface area contributed by atoms with E-state index in [-0.39, 0.29) is 24.0 Å². The summed E-state index contributed by atoms with van der Waals surface area (Å²) in [6.45, 7) is 3.22. The Bertz CT molecular complexity index is 737. The van der Waals surface area contributed by atoms with Crippen LogP contribution in [0, 0.1) is 11.8 Å². The van der Waals surface area contributed by atoms with Crippen molar-refractivity contribution in [2.24, 2.45) is 11.8 Å². The lowest BCUT2D eigenvalue weighted by atomic mass is 9.91. The fourth-order valence-electron chi connectivity index (χ4n) is 3.85. The Kier molecular flexibility index (Phi) is 10.5. The molecule has 0 radical (unpaired) electrons. The highest BCUT2D eigenvalue weighted by molar-refractivity contribution is 5.83. The van der Waals surface area contributed by atoms with Crippen LogP contribution >= 0.6 is 0 Å². The summed E-state index contributed by atoms with van der Waals surface area (Å²) in [5, 5.41) is 19.1. The molecular formula is C25H34O5. The molecule has 0 amide bonds. The molecule has 5 nitrogen and oxygen atoms in total. The third kappa shape index (κ3) is 8.64. The number of allylic oxidation sites excluding steroid dienone is 3. The van der Waals surface area contributed by atoms with Gasteiger partial charge in [-0.3, -0.25) is 9.59 Å². The molecule has 5 heteroatoms. The number of aliphatic hydroxyl groups excluding tert-OH is 1. The van der Waals surface area contributed by atoms with Crippen molar-refractivity contribution in [1.82, 2.24) is 0 Å². The lowest BCUT2D eigenvalue weighted by Gasteiger charge is -2.14. The number of ether oxygens (including phenoxy) is 1. The molecular weight excluding hydrogens is 380 g/mol. The Morgan fingerprint density at radius 3 is 2.87 bits per heavy atom. The number of unbranched alkanes of at least 4 members (excludes halogenated alkanes) is 1. The van der Waals surface area contributed by atoms with Crippen molar-refractivity contribution in [2.75, 3.05) is 6.61 Å². The zero-order valence-electron chi connectivity index (χ0n) is 17.8. The Hall–Kier alpha value is -2.24. The van der Waals surface area contributed by atoms with E-state index in [9.17, 15) is 14.7 Å². The minimum atomic E-state index is -0.779. The van der Waals surface area contributed by atoms with E-state index in [1.165, 1.54) is 0 Å². The second-order valence-electron chi connectivity index (χ2n) is 7.88. The number of hydrogen-bond donors (Lipinski definition) is 2. The number of hydrogen-bond acceptors (Lipinski definition) is 4. The van der Waals surface area contributed by atoms with Gasteiger partial charge in [0.25, 0.3) is 0 Å². The standard InChI is InChI=1S/C25H34O5/c1-2-30-18-20-9-7-8-19(16-20)17-22(26)14-12-21-13-15-24(27)23(21)10-5-3-4-6-11-25(28)29/h3,5,7-9,12,14,16,21-23,26H,2,4,6,10-11,13,15,17-18H2,1H3,(H,28,29)/b5-3-,14-12+/t21-,22+,23+/m0/s1. The molecule has 164 valence electrons. The van der Waals surface area contributed by atoms with Crippen LogP contribution in [-0.2, 0) is 27.4 Å². The Labute approximate surface area is 179 Å². The van der Waals surface area contributed by atoms with Crippen LogP contribution < -0.4 is 0 Å². The average Bonchev–Trinajstić information content (AvgIpc) is 3.07. The fraction of sp³-hybridized carbons (Fsp3) is 0.520. The maximum Gasteiger partial charge on any atom is 0.303 e. The normalized spacial score (nSPS) is 20.4. The molecule has 30 heavy (non-hydrogen) atoms. The van der Waals surface area contributed by atoms with Crippen LogP contribution in [0.1, 0.15) is 56.6 Å². The van der Waals surface area contributed by atoms with E-state index in [0.29, 0.717) is 38.9 Å². The maximum atomic E-state index is 12.2. The number of carboxylic acids is 1. The Morgan fingerprint density at radius 2 is 2.10 bits per heavy atom. The second-order valence-corrected chi connectivity index (χ2v) is 7.88. The fourth-order valence-corrected chi connectivity index (χ4v) is 3.85. The highest BCUT2D eigenvalue weighted by Crippen LogP contribution is 2.33. The number of Topliss-reactive ketones (excluding diaryl/α,β-unsaturated/α-hetero) is 1. The zero-order chi connectivity index (χ0) is 21.8. The molecule has 2 N–H and O–H groups in total. The van der Waals surface area contributed by atoms with Gasteiger partial charge in [-0.1, -0.05) is 48.6 Å². The zero-order valence-corrected chi connectivity index (χ0v) is 17.8. The molecule has 1 aliphatic rings. The van der Waals surface area contributed by atoms with Crippen LogP contribution in [0.4, 0.5) is 0 Å². The first kappa shape index (κ1) is 24.0. The van der Waals surface area contributed by atoms with Crippen molar-refractivity contribution < 1.29 is 24.5 Å². The van der Waals surface area contributed by atoms with Gasteiger partial charge in [0, 0.05) is 31.8 Å². The molecule has 1 fully saturated rings. The maximum absolute atomic E-state index is 12.2. The third-order valence-corrected chi connectivity index (χ3v) is 5.46. The molecule has 0 spiro atoms. The van der Waals surface area contributed by atoms with E-state index in [1.54, 1.807) is 0 Å². The monoisotopic (exact) mass is 414 g/mol. The van der Waals surface area contributed by atoms with Gasteiger partial charge in [0.2, 0.25) is 0 Å². The number of carboxylic acid groups (broad SMARTS) is 1. The van der Waals surface area contributed by atoms with Gasteiger partial charge in [0.05, 0.1) is 12.7 Å². The Morgan fingerprint density at radius 1 is 1.30 bits per heavy atom. The number of aliphatic carboxylic acids is 1. The van der Waals surface area contributed by atoms with Crippen LogP contribution in [-0.4, -0.2) is 34.7 Å². The lowest BCUT2D eigenvalue weighted by molar-refractivity contribution is -0.137. The molecule has 2 rings (SSSR count). The summed E-state index contributed by atoms with van der Waals surface area (Å²) >= 11 is 0. The van der Waals surface area contributed by atoms with E-state index in [1.807, 2.05) is 49.4 Å². The third-order valence-electron chi connectivity index (χ3n) is 5.46. The highest BCUT2D eigenvalue weighted by atomic mass is 16.5. The topological polar surface area (TPSA) is 83.8 Å². The summed E-state index contributed by atoms with van der Waals surface area (Å²) in [5.74, 6) is -0.393.